The Morgan fingerprint density at radius 3 is 2.48 bits per heavy atom. The third-order valence-electron chi connectivity index (χ3n) is 4.85. The van der Waals surface area contributed by atoms with Crippen LogP contribution in [0, 0.1) is 5.92 Å². The monoisotopic (exact) mass is 295 g/mol. The summed E-state index contributed by atoms with van der Waals surface area (Å²) in [5, 5.41) is 4.17. The first-order valence-electron chi connectivity index (χ1n) is 8.40. The molecular formula is C16H29N3O2. The van der Waals surface area contributed by atoms with Crippen molar-refractivity contribution in [1.82, 2.24) is 10.1 Å². The molecule has 21 heavy (non-hydrogen) atoms. The minimum atomic E-state index is -0.442. The van der Waals surface area contributed by atoms with E-state index in [1.54, 1.807) is 0 Å². The molecule has 5 heteroatoms. The van der Waals surface area contributed by atoms with Crippen molar-refractivity contribution < 1.29 is 9.26 Å². The summed E-state index contributed by atoms with van der Waals surface area (Å²) in [6.07, 6.45) is 7.81. The van der Waals surface area contributed by atoms with Crippen LogP contribution in [0.1, 0.15) is 83.5 Å². The van der Waals surface area contributed by atoms with Crippen LogP contribution >= 0.6 is 0 Å². The lowest BCUT2D eigenvalue weighted by Gasteiger charge is -2.28. The lowest BCUT2D eigenvalue weighted by atomic mass is 9.84. The van der Waals surface area contributed by atoms with Gasteiger partial charge in [-0.25, -0.2) is 0 Å². The van der Waals surface area contributed by atoms with E-state index in [-0.39, 0.29) is 6.04 Å². The molecule has 1 aromatic rings. The quantitative estimate of drug-likeness (QED) is 0.830. The van der Waals surface area contributed by atoms with Crippen LogP contribution in [0.25, 0.3) is 0 Å². The largest absolute Gasteiger partial charge is 0.367 e. The van der Waals surface area contributed by atoms with Gasteiger partial charge in [-0.15, -0.1) is 0 Å². The Bertz CT molecular complexity index is 423. The van der Waals surface area contributed by atoms with Crippen LogP contribution in [0.3, 0.4) is 0 Å². The zero-order valence-electron chi connectivity index (χ0n) is 13.6. The van der Waals surface area contributed by atoms with Crippen molar-refractivity contribution in [3.63, 3.8) is 0 Å². The highest BCUT2D eigenvalue weighted by Gasteiger charge is 2.36. The van der Waals surface area contributed by atoms with Gasteiger partial charge in [-0.3, -0.25) is 0 Å². The highest BCUT2D eigenvalue weighted by molar-refractivity contribution is 5.03. The van der Waals surface area contributed by atoms with Crippen LogP contribution in [0.2, 0.25) is 0 Å². The summed E-state index contributed by atoms with van der Waals surface area (Å²) < 4.78 is 11.4. The summed E-state index contributed by atoms with van der Waals surface area (Å²) >= 11 is 0. The van der Waals surface area contributed by atoms with Crippen molar-refractivity contribution in [3.8, 4) is 0 Å². The maximum atomic E-state index is 6.35. The molecule has 1 unspecified atom stereocenters. The van der Waals surface area contributed by atoms with E-state index in [1.165, 1.54) is 19.3 Å². The molecule has 1 aliphatic carbocycles. The van der Waals surface area contributed by atoms with E-state index in [2.05, 4.69) is 24.0 Å². The average Bonchev–Trinajstić information content (AvgIpc) is 3.03. The third kappa shape index (κ3) is 3.46. The van der Waals surface area contributed by atoms with Crippen LogP contribution in [0.4, 0.5) is 0 Å². The van der Waals surface area contributed by atoms with Gasteiger partial charge in [-0.05, 0) is 38.5 Å². The SMILES string of the molecule is CCOC(CC)(CC)c1noc(C(N)C2CCCCC2)n1. The Labute approximate surface area is 127 Å². The van der Waals surface area contributed by atoms with E-state index in [0.29, 0.717) is 24.2 Å². The molecule has 0 spiro atoms. The molecule has 0 aliphatic heterocycles. The number of aromatic nitrogens is 2. The fourth-order valence-electron chi connectivity index (χ4n) is 3.36. The standard InChI is InChI=1S/C16H29N3O2/c1-4-16(5-2,20-6-3)15-18-14(21-19-15)13(17)12-10-8-7-9-11-12/h12-13H,4-11,17H2,1-3H3. The van der Waals surface area contributed by atoms with E-state index in [4.69, 9.17) is 15.0 Å². The van der Waals surface area contributed by atoms with Gasteiger partial charge in [0.15, 0.2) is 0 Å². The fraction of sp³-hybridized carbons (Fsp3) is 0.875. The van der Waals surface area contributed by atoms with Crippen molar-refractivity contribution in [1.29, 1.82) is 0 Å². The summed E-state index contributed by atoms with van der Waals surface area (Å²) in [5.41, 5.74) is 5.90. The normalized spacial score (nSPS) is 18.9. The highest BCUT2D eigenvalue weighted by Crippen LogP contribution is 2.35. The number of ether oxygens (including phenoxy) is 1. The van der Waals surface area contributed by atoms with Gasteiger partial charge in [-0.1, -0.05) is 38.3 Å². The summed E-state index contributed by atoms with van der Waals surface area (Å²) in [6.45, 7) is 6.82. The summed E-state index contributed by atoms with van der Waals surface area (Å²) in [7, 11) is 0. The maximum absolute atomic E-state index is 6.35. The van der Waals surface area contributed by atoms with E-state index in [0.717, 1.165) is 25.7 Å². The van der Waals surface area contributed by atoms with E-state index < -0.39 is 5.60 Å². The molecule has 1 atom stereocenters. The molecule has 5 nitrogen and oxygen atoms in total. The second-order valence-electron chi connectivity index (χ2n) is 6.01. The molecule has 1 saturated carbocycles. The second kappa shape index (κ2) is 7.36. The molecule has 1 aromatic heterocycles. The maximum Gasteiger partial charge on any atom is 0.243 e. The van der Waals surface area contributed by atoms with Crippen molar-refractivity contribution in [2.75, 3.05) is 6.61 Å². The Hall–Kier alpha value is -0.940. The predicted octanol–water partition coefficient (Wildman–Crippen LogP) is 3.70. The highest BCUT2D eigenvalue weighted by atomic mass is 16.5. The average molecular weight is 295 g/mol. The van der Waals surface area contributed by atoms with Crippen LogP contribution < -0.4 is 5.73 Å². The number of rotatable bonds is 7. The lowest BCUT2D eigenvalue weighted by Crippen LogP contribution is -2.30. The third-order valence-corrected chi connectivity index (χ3v) is 4.85. The fourth-order valence-corrected chi connectivity index (χ4v) is 3.36. The minimum Gasteiger partial charge on any atom is -0.367 e. The molecule has 2 N–H and O–H groups in total. The molecule has 120 valence electrons. The number of hydrogen-bond donors (Lipinski definition) is 1. The zero-order chi connectivity index (χ0) is 15.3. The lowest BCUT2D eigenvalue weighted by molar-refractivity contribution is -0.0583. The molecule has 0 aromatic carbocycles. The first-order valence-corrected chi connectivity index (χ1v) is 8.40. The molecule has 2 rings (SSSR count). The van der Waals surface area contributed by atoms with Gasteiger partial charge in [0, 0.05) is 6.61 Å². The van der Waals surface area contributed by atoms with Crippen molar-refractivity contribution in [2.24, 2.45) is 11.7 Å². The molecule has 0 radical (unpaired) electrons. The van der Waals surface area contributed by atoms with Gasteiger partial charge in [0.05, 0.1) is 6.04 Å². The summed E-state index contributed by atoms with van der Waals surface area (Å²) in [6, 6.07) is -0.139. The van der Waals surface area contributed by atoms with E-state index >= 15 is 0 Å². The number of nitrogens with two attached hydrogens (primary N) is 1. The zero-order valence-corrected chi connectivity index (χ0v) is 13.6. The van der Waals surface area contributed by atoms with Gasteiger partial charge in [0.2, 0.25) is 11.7 Å². The molecule has 0 amide bonds. The predicted molar refractivity (Wildman–Crippen MR) is 81.7 cm³/mol. The van der Waals surface area contributed by atoms with Gasteiger partial charge in [0.25, 0.3) is 0 Å². The molecular weight excluding hydrogens is 266 g/mol. The molecule has 0 saturated heterocycles. The van der Waals surface area contributed by atoms with E-state index in [9.17, 15) is 0 Å². The van der Waals surface area contributed by atoms with Gasteiger partial charge in [0.1, 0.15) is 5.60 Å². The van der Waals surface area contributed by atoms with Crippen LogP contribution in [0.15, 0.2) is 4.52 Å². The van der Waals surface area contributed by atoms with Crippen LogP contribution in [0.5, 0.6) is 0 Å². The van der Waals surface area contributed by atoms with Crippen molar-refractivity contribution >= 4 is 0 Å². The summed E-state index contributed by atoms with van der Waals surface area (Å²) in [4.78, 5) is 4.59. The Morgan fingerprint density at radius 1 is 1.24 bits per heavy atom. The number of nitrogens with zero attached hydrogens (tertiary/aromatic N) is 2. The van der Waals surface area contributed by atoms with E-state index in [1.807, 2.05) is 6.92 Å². The van der Waals surface area contributed by atoms with Crippen LogP contribution in [-0.4, -0.2) is 16.7 Å². The Balaban J connectivity index is 2.15. The Morgan fingerprint density at radius 2 is 1.90 bits per heavy atom. The summed E-state index contributed by atoms with van der Waals surface area (Å²) in [5.74, 6) is 1.69. The molecule has 1 aliphatic rings. The van der Waals surface area contributed by atoms with Gasteiger partial charge < -0.3 is 15.0 Å². The molecule has 1 fully saturated rings. The van der Waals surface area contributed by atoms with Crippen molar-refractivity contribution in [2.45, 2.75) is 77.4 Å². The second-order valence-corrected chi connectivity index (χ2v) is 6.01. The topological polar surface area (TPSA) is 74.2 Å². The molecule has 0 bridgehead atoms. The first-order chi connectivity index (χ1) is 10.2. The first kappa shape index (κ1) is 16.4. The Kier molecular flexibility index (Phi) is 5.76. The van der Waals surface area contributed by atoms with Crippen molar-refractivity contribution in [3.05, 3.63) is 11.7 Å². The molecule has 1 heterocycles. The minimum absolute atomic E-state index is 0.139. The smallest absolute Gasteiger partial charge is 0.243 e. The number of hydrogen-bond acceptors (Lipinski definition) is 5. The van der Waals surface area contributed by atoms with Gasteiger partial charge in [-0.2, -0.15) is 4.98 Å². The van der Waals surface area contributed by atoms with Gasteiger partial charge >= 0.3 is 0 Å². The van der Waals surface area contributed by atoms with Crippen LogP contribution in [-0.2, 0) is 10.3 Å².